The van der Waals surface area contributed by atoms with Crippen molar-refractivity contribution in [2.24, 2.45) is 5.92 Å². The van der Waals surface area contributed by atoms with Crippen LogP contribution in [0.1, 0.15) is 20.3 Å². The third-order valence-electron chi connectivity index (χ3n) is 1.92. The fraction of sp³-hybridized carbons (Fsp3) is 0.455. The van der Waals surface area contributed by atoms with Crippen molar-refractivity contribution < 1.29 is 13.9 Å². The number of hydrogen-bond donors (Lipinski definition) is 1. The van der Waals surface area contributed by atoms with Gasteiger partial charge in [-0.2, -0.15) is 4.39 Å². The van der Waals surface area contributed by atoms with E-state index in [1.165, 1.54) is 13.3 Å². The molecule has 1 aromatic rings. The van der Waals surface area contributed by atoms with Crippen LogP contribution in [0.15, 0.2) is 12.3 Å². The molecule has 1 amide bonds. The minimum atomic E-state index is -0.640. The summed E-state index contributed by atoms with van der Waals surface area (Å²) in [6.07, 6.45) is 1.65. The number of rotatable bonds is 4. The molecule has 0 fully saturated rings. The Morgan fingerprint density at radius 3 is 2.88 bits per heavy atom. The average Bonchev–Trinajstić information content (AvgIpc) is 2.19. The standard InChI is InChI=1S/C11H15FN2O2/c1-7(2)4-11(15)14-8-6-13-10(12)5-9(8)16-3/h5-7H,4H2,1-3H3,(H,14,15). The first kappa shape index (κ1) is 12.4. The highest BCUT2D eigenvalue weighted by atomic mass is 19.1. The van der Waals surface area contributed by atoms with Crippen molar-refractivity contribution in [3.05, 3.63) is 18.2 Å². The van der Waals surface area contributed by atoms with Gasteiger partial charge in [0.1, 0.15) is 11.4 Å². The summed E-state index contributed by atoms with van der Waals surface area (Å²) in [5, 5.41) is 2.63. The fourth-order valence-electron chi connectivity index (χ4n) is 1.25. The van der Waals surface area contributed by atoms with E-state index >= 15 is 0 Å². The zero-order valence-corrected chi connectivity index (χ0v) is 9.58. The quantitative estimate of drug-likeness (QED) is 0.801. The first-order valence-corrected chi connectivity index (χ1v) is 5.02. The van der Waals surface area contributed by atoms with Gasteiger partial charge < -0.3 is 10.1 Å². The van der Waals surface area contributed by atoms with Crippen LogP contribution in [0.2, 0.25) is 0 Å². The molecule has 0 aliphatic carbocycles. The molecule has 0 aliphatic rings. The second kappa shape index (κ2) is 5.44. The van der Waals surface area contributed by atoms with Gasteiger partial charge in [0.25, 0.3) is 0 Å². The summed E-state index contributed by atoms with van der Waals surface area (Å²) in [5.41, 5.74) is 0.384. The molecule has 1 N–H and O–H groups in total. The molecule has 0 bridgehead atoms. The SMILES string of the molecule is COc1cc(F)ncc1NC(=O)CC(C)C. The number of carbonyl (C=O) groups excluding carboxylic acids is 1. The molecule has 0 saturated carbocycles. The number of amides is 1. The number of nitrogens with zero attached hydrogens (tertiary/aromatic N) is 1. The van der Waals surface area contributed by atoms with Gasteiger partial charge >= 0.3 is 0 Å². The topological polar surface area (TPSA) is 51.2 Å². The van der Waals surface area contributed by atoms with Crippen LogP contribution in [0.3, 0.4) is 0 Å². The van der Waals surface area contributed by atoms with Gasteiger partial charge in [-0.15, -0.1) is 0 Å². The predicted octanol–water partition coefficient (Wildman–Crippen LogP) is 2.21. The number of aromatic nitrogens is 1. The maximum atomic E-state index is 12.8. The number of methoxy groups -OCH3 is 1. The Morgan fingerprint density at radius 2 is 2.31 bits per heavy atom. The largest absolute Gasteiger partial charge is 0.494 e. The third kappa shape index (κ3) is 3.49. The molecule has 1 aromatic heterocycles. The third-order valence-corrected chi connectivity index (χ3v) is 1.92. The Balaban J connectivity index is 2.76. The predicted molar refractivity (Wildman–Crippen MR) is 58.8 cm³/mol. The van der Waals surface area contributed by atoms with Crippen molar-refractivity contribution in [2.75, 3.05) is 12.4 Å². The van der Waals surface area contributed by atoms with Gasteiger partial charge in [0.15, 0.2) is 0 Å². The van der Waals surface area contributed by atoms with Crippen molar-refractivity contribution in [1.82, 2.24) is 4.98 Å². The molecule has 88 valence electrons. The van der Waals surface area contributed by atoms with Crippen LogP contribution in [-0.4, -0.2) is 18.0 Å². The summed E-state index contributed by atoms with van der Waals surface area (Å²) in [6, 6.07) is 1.13. The lowest BCUT2D eigenvalue weighted by Gasteiger charge is -2.10. The van der Waals surface area contributed by atoms with Crippen molar-refractivity contribution >= 4 is 11.6 Å². The Bertz CT molecular complexity index is 380. The number of halogens is 1. The highest BCUT2D eigenvalue weighted by Gasteiger charge is 2.10. The molecule has 0 spiro atoms. The highest BCUT2D eigenvalue weighted by molar-refractivity contribution is 5.92. The lowest BCUT2D eigenvalue weighted by Crippen LogP contribution is -2.14. The van der Waals surface area contributed by atoms with Gasteiger partial charge in [-0.25, -0.2) is 4.98 Å². The minimum absolute atomic E-state index is 0.137. The fourth-order valence-corrected chi connectivity index (χ4v) is 1.25. The number of carbonyl (C=O) groups is 1. The van der Waals surface area contributed by atoms with E-state index in [9.17, 15) is 9.18 Å². The normalized spacial score (nSPS) is 10.3. The zero-order chi connectivity index (χ0) is 12.1. The lowest BCUT2D eigenvalue weighted by molar-refractivity contribution is -0.116. The lowest BCUT2D eigenvalue weighted by atomic mass is 10.1. The molecule has 1 rings (SSSR count). The summed E-state index contributed by atoms with van der Waals surface area (Å²) in [6.45, 7) is 3.89. The van der Waals surface area contributed by atoms with Crippen molar-refractivity contribution in [2.45, 2.75) is 20.3 Å². The maximum absolute atomic E-state index is 12.8. The molecular formula is C11H15FN2O2. The number of pyridine rings is 1. The van der Waals surface area contributed by atoms with E-state index in [2.05, 4.69) is 10.3 Å². The van der Waals surface area contributed by atoms with E-state index in [1.54, 1.807) is 0 Å². The first-order valence-electron chi connectivity index (χ1n) is 5.02. The number of hydrogen-bond acceptors (Lipinski definition) is 3. The second-order valence-corrected chi connectivity index (χ2v) is 3.85. The van der Waals surface area contributed by atoms with E-state index in [4.69, 9.17) is 4.74 Å². The molecule has 0 aromatic carbocycles. The van der Waals surface area contributed by atoms with Crippen LogP contribution in [-0.2, 0) is 4.79 Å². The molecule has 0 unspecified atom stereocenters. The summed E-state index contributed by atoms with van der Waals surface area (Å²) >= 11 is 0. The van der Waals surface area contributed by atoms with Gasteiger partial charge in [-0.3, -0.25) is 4.79 Å². The molecule has 1 heterocycles. The molecule has 16 heavy (non-hydrogen) atoms. The summed E-state index contributed by atoms with van der Waals surface area (Å²) in [4.78, 5) is 14.9. The second-order valence-electron chi connectivity index (χ2n) is 3.85. The Morgan fingerprint density at radius 1 is 1.62 bits per heavy atom. The average molecular weight is 226 g/mol. The smallest absolute Gasteiger partial charge is 0.224 e. The Kier molecular flexibility index (Phi) is 4.22. The molecule has 0 radical (unpaired) electrons. The monoisotopic (exact) mass is 226 g/mol. The van der Waals surface area contributed by atoms with Gasteiger partial charge in [-0.05, 0) is 5.92 Å². The molecule has 5 heteroatoms. The maximum Gasteiger partial charge on any atom is 0.224 e. The van der Waals surface area contributed by atoms with Gasteiger partial charge in [0.05, 0.1) is 13.3 Å². The first-order chi connectivity index (χ1) is 7.52. The summed E-state index contributed by atoms with van der Waals surface area (Å²) < 4.78 is 17.7. The van der Waals surface area contributed by atoms with Crippen LogP contribution in [0.5, 0.6) is 5.75 Å². The van der Waals surface area contributed by atoms with E-state index < -0.39 is 5.95 Å². The van der Waals surface area contributed by atoms with E-state index in [0.29, 0.717) is 12.1 Å². The van der Waals surface area contributed by atoms with Crippen LogP contribution in [0, 0.1) is 11.9 Å². The minimum Gasteiger partial charge on any atom is -0.494 e. The summed E-state index contributed by atoms with van der Waals surface area (Å²) in [5.74, 6) is -0.246. The van der Waals surface area contributed by atoms with Crippen molar-refractivity contribution in [1.29, 1.82) is 0 Å². The van der Waals surface area contributed by atoms with E-state index in [-0.39, 0.29) is 17.6 Å². The van der Waals surface area contributed by atoms with Crippen LogP contribution < -0.4 is 10.1 Å². The van der Waals surface area contributed by atoms with Crippen LogP contribution in [0.4, 0.5) is 10.1 Å². The number of anilines is 1. The van der Waals surface area contributed by atoms with Crippen LogP contribution >= 0.6 is 0 Å². The molecule has 0 saturated heterocycles. The molecular weight excluding hydrogens is 211 g/mol. The van der Waals surface area contributed by atoms with Crippen molar-refractivity contribution in [3.63, 3.8) is 0 Å². The zero-order valence-electron chi connectivity index (χ0n) is 9.58. The van der Waals surface area contributed by atoms with Crippen molar-refractivity contribution in [3.8, 4) is 5.75 Å². The highest BCUT2D eigenvalue weighted by Crippen LogP contribution is 2.23. The Hall–Kier alpha value is -1.65. The van der Waals surface area contributed by atoms with Gasteiger partial charge in [-0.1, -0.05) is 13.8 Å². The van der Waals surface area contributed by atoms with Crippen LogP contribution in [0.25, 0.3) is 0 Å². The number of ether oxygens (including phenoxy) is 1. The Labute approximate surface area is 93.8 Å². The van der Waals surface area contributed by atoms with E-state index in [0.717, 1.165) is 6.07 Å². The van der Waals surface area contributed by atoms with Gasteiger partial charge in [0, 0.05) is 12.5 Å². The molecule has 0 aliphatic heterocycles. The molecule has 0 atom stereocenters. The molecule has 4 nitrogen and oxygen atoms in total. The van der Waals surface area contributed by atoms with E-state index in [1.807, 2.05) is 13.8 Å². The summed E-state index contributed by atoms with van der Waals surface area (Å²) in [7, 11) is 1.41. The van der Waals surface area contributed by atoms with Gasteiger partial charge in [0.2, 0.25) is 11.9 Å². The number of nitrogens with one attached hydrogen (secondary N) is 1.